The molecule has 3 heteroatoms. The molecule has 0 bridgehead atoms. The molecule has 0 aromatic heterocycles. The average molecular weight is 216 g/mol. The van der Waals surface area contributed by atoms with Crippen molar-refractivity contribution >= 4 is 11.9 Å². The molecule has 1 saturated heterocycles. The fourth-order valence-electron chi connectivity index (χ4n) is 2.72. The Morgan fingerprint density at radius 2 is 1.81 bits per heavy atom. The molecular weight excluding hydrogens is 204 g/mol. The largest absolute Gasteiger partial charge is 0.393 e. The second kappa shape index (κ2) is 3.17. The first-order valence-corrected chi connectivity index (χ1v) is 5.52. The first kappa shape index (κ1) is 9.58. The van der Waals surface area contributed by atoms with Gasteiger partial charge in [-0.3, -0.25) is 9.59 Å². The molecular formula is C13H12O3. The summed E-state index contributed by atoms with van der Waals surface area (Å²) in [5.74, 6) is -0.698. The maximum atomic E-state index is 11.7. The van der Waals surface area contributed by atoms with Gasteiger partial charge >= 0.3 is 11.9 Å². The van der Waals surface area contributed by atoms with Crippen LogP contribution in [-0.2, 0) is 27.2 Å². The van der Waals surface area contributed by atoms with Gasteiger partial charge in [0.15, 0.2) is 0 Å². The monoisotopic (exact) mass is 216 g/mol. The van der Waals surface area contributed by atoms with Gasteiger partial charge in [-0.15, -0.1) is 0 Å². The van der Waals surface area contributed by atoms with Crippen LogP contribution >= 0.6 is 0 Å². The minimum atomic E-state index is -0.564. The van der Waals surface area contributed by atoms with Crippen molar-refractivity contribution in [3.63, 3.8) is 0 Å². The maximum absolute atomic E-state index is 11.7. The third-order valence-electron chi connectivity index (χ3n) is 3.64. The average Bonchev–Trinajstić information content (AvgIpc) is 2.53. The van der Waals surface area contributed by atoms with Crippen molar-refractivity contribution in [1.82, 2.24) is 0 Å². The first-order chi connectivity index (χ1) is 7.70. The van der Waals surface area contributed by atoms with Gasteiger partial charge in [0.05, 0.1) is 11.8 Å². The van der Waals surface area contributed by atoms with E-state index >= 15 is 0 Å². The molecule has 16 heavy (non-hydrogen) atoms. The highest BCUT2D eigenvalue weighted by Gasteiger charge is 2.50. The number of ether oxygens (including phenoxy) is 1. The number of benzene rings is 1. The predicted molar refractivity (Wildman–Crippen MR) is 56.6 cm³/mol. The molecule has 1 aliphatic carbocycles. The highest BCUT2D eigenvalue weighted by atomic mass is 16.6. The third kappa shape index (κ3) is 1.28. The van der Waals surface area contributed by atoms with E-state index < -0.39 is 5.41 Å². The fraction of sp³-hybridized carbons (Fsp3) is 0.385. The maximum Gasteiger partial charge on any atom is 0.320 e. The van der Waals surface area contributed by atoms with Crippen LogP contribution in [0, 0.1) is 5.41 Å². The third-order valence-corrected chi connectivity index (χ3v) is 3.64. The van der Waals surface area contributed by atoms with E-state index in [2.05, 4.69) is 6.07 Å². The second-order valence-electron chi connectivity index (χ2n) is 4.66. The van der Waals surface area contributed by atoms with E-state index in [0.717, 1.165) is 12.8 Å². The quantitative estimate of drug-likeness (QED) is 0.489. The molecule has 0 amide bonds. The minimum absolute atomic E-state index is 0.250. The molecule has 1 fully saturated rings. The van der Waals surface area contributed by atoms with Crippen LogP contribution in [0.2, 0.25) is 0 Å². The topological polar surface area (TPSA) is 43.4 Å². The Hall–Kier alpha value is -1.64. The molecule has 1 spiro atoms. The van der Waals surface area contributed by atoms with Crippen molar-refractivity contribution in [2.75, 3.05) is 0 Å². The number of carbonyl (C=O) groups excluding carboxylic acids is 2. The highest BCUT2D eigenvalue weighted by Crippen LogP contribution is 2.42. The lowest BCUT2D eigenvalue weighted by molar-refractivity contribution is -0.155. The zero-order valence-electron chi connectivity index (χ0n) is 8.86. The second-order valence-corrected chi connectivity index (χ2v) is 4.66. The van der Waals surface area contributed by atoms with Crippen molar-refractivity contribution in [1.29, 1.82) is 0 Å². The molecule has 1 unspecified atom stereocenters. The predicted octanol–water partition coefficient (Wildman–Crippen LogP) is 1.64. The zero-order chi connectivity index (χ0) is 11.2. The van der Waals surface area contributed by atoms with Gasteiger partial charge in [-0.05, 0) is 30.4 Å². The molecule has 0 saturated carbocycles. The summed E-state index contributed by atoms with van der Waals surface area (Å²) in [6.45, 7) is 0. The van der Waals surface area contributed by atoms with Crippen molar-refractivity contribution in [2.45, 2.75) is 25.7 Å². The summed E-state index contributed by atoms with van der Waals surface area (Å²) in [6, 6.07) is 8.10. The van der Waals surface area contributed by atoms with Crippen LogP contribution in [-0.4, -0.2) is 11.9 Å². The number of fused-ring (bicyclic) bond motifs is 1. The lowest BCUT2D eigenvalue weighted by atomic mass is 9.71. The number of cyclic esters (lactones) is 2. The van der Waals surface area contributed by atoms with Gasteiger partial charge in [0, 0.05) is 0 Å². The molecule has 82 valence electrons. The number of carbonyl (C=O) groups is 2. The number of aryl methyl sites for hydroxylation is 1. The number of hydrogen-bond donors (Lipinski definition) is 0. The normalized spacial score (nSPS) is 28.0. The fourth-order valence-corrected chi connectivity index (χ4v) is 2.72. The molecule has 3 nitrogen and oxygen atoms in total. The van der Waals surface area contributed by atoms with Gasteiger partial charge in [0.1, 0.15) is 0 Å². The highest BCUT2D eigenvalue weighted by molar-refractivity contribution is 5.97. The standard InChI is InChI=1S/C13H12O3/c14-11-8-13(12(15)16-11)6-5-9-3-1-2-4-10(9)7-13/h1-4H,5-8H2. The summed E-state index contributed by atoms with van der Waals surface area (Å²) in [4.78, 5) is 22.9. The van der Waals surface area contributed by atoms with Crippen LogP contribution in [0.5, 0.6) is 0 Å². The first-order valence-electron chi connectivity index (χ1n) is 5.52. The zero-order valence-corrected chi connectivity index (χ0v) is 8.86. The van der Waals surface area contributed by atoms with Crippen molar-refractivity contribution in [3.05, 3.63) is 35.4 Å². The van der Waals surface area contributed by atoms with Crippen molar-refractivity contribution < 1.29 is 14.3 Å². The van der Waals surface area contributed by atoms with E-state index in [4.69, 9.17) is 4.74 Å². The summed E-state index contributed by atoms with van der Waals surface area (Å²) < 4.78 is 4.69. The lowest BCUT2D eigenvalue weighted by Gasteiger charge is -2.29. The van der Waals surface area contributed by atoms with E-state index in [1.807, 2.05) is 18.2 Å². The molecule has 0 N–H and O–H groups in total. The summed E-state index contributed by atoms with van der Waals surface area (Å²) >= 11 is 0. The summed E-state index contributed by atoms with van der Waals surface area (Å²) in [6.07, 6.45) is 2.49. The van der Waals surface area contributed by atoms with Gasteiger partial charge in [-0.25, -0.2) is 0 Å². The van der Waals surface area contributed by atoms with Gasteiger partial charge in [0.25, 0.3) is 0 Å². The molecule has 1 aromatic rings. The Morgan fingerprint density at radius 3 is 2.50 bits per heavy atom. The van der Waals surface area contributed by atoms with Crippen molar-refractivity contribution in [3.8, 4) is 0 Å². The Bertz CT molecular complexity index is 478. The SMILES string of the molecule is O=C1CC2(CCc3ccccc3C2)C(=O)O1. The van der Waals surface area contributed by atoms with Crippen molar-refractivity contribution in [2.24, 2.45) is 5.41 Å². The Kier molecular flexibility index (Phi) is 1.90. The van der Waals surface area contributed by atoms with Crippen LogP contribution in [0.1, 0.15) is 24.0 Å². The van der Waals surface area contributed by atoms with E-state index in [1.165, 1.54) is 11.1 Å². The van der Waals surface area contributed by atoms with E-state index in [0.29, 0.717) is 6.42 Å². The van der Waals surface area contributed by atoms with E-state index in [1.54, 1.807) is 0 Å². The van der Waals surface area contributed by atoms with Crippen LogP contribution in [0.25, 0.3) is 0 Å². The molecule has 1 heterocycles. The van der Waals surface area contributed by atoms with Gasteiger partial charge in [0.2, 0.25) is 0 Å². The van der Waals surface area contributed by atoms with Gasteiger partial charge in [-0.2, -0.15) is 0 Å². The van der Waals surface area contributed by atoms with E-state index in [-0.39, 0.29) is 18.4 Å². The van der Waals surface area contributed by atoms with Crippen LogP contribution < -0.4 is 0 Å². The molecule has 1 atom stereocenters. The van der Waals surface area contributed by atoms with Gasteiger partial charge in [-0.1, -0.05) is 24.3 Å². The number of esters is 2. The summed E-state index contributed by atoms with van der Waals surface area (Å²) in [7, 11) is 0. The van der Waals surface area contributed by atoms with Gasteiger partial charge < -0.3 is 4.74 Å². The molecule has 3 rings (SSSR count). The smallest absolute Gasteiger partial charge is 0.320 e. The molecule has 1 aromatic carbocycles. The van der Waals surface area contributed by atoms with Crippen LogP contribution in [0.15, 0.2) is 24.3 Å². The van der Waals surface area contributed by atoms with Crippen LogP contribution in [0.3, 0.4) is 0 Å². The Balaban J connectivity index is 1.98. The minimum Gasteiger partial charge on any atom is -0.393 e. The molecule has 2 aliphatic rings. The summed E-state index contributed by atoms with van der Waals surface area (Å²) in [5.41, 5.74) is 1.91. The van der Waals surface area contributed by atoms with E-state index in [9.17, 15) is 9.59 Å². The molecule has 1 aliphatic heterocycles. The Morgan fingerprint density at radius 1 is 1.06 bits per heavy atom. The Labute approximate surface area is 93.4 Å². The summed E-state index contributed by atoms with van der Waals surface area (Å²) in [5, 5.41) is 0. The number of rotatable bonds is 0. The van der Waals surface area contributed by atoms with Crippen LogP contribution in [0.4, 0.5) is 0 Å². The molecule has 0 radical (unpaired) electrons. The number of hydrogen-bond acceptors (Lipinski definition) is 3. The lowest BCUT2D eigenvalue weighted by Crippen LogP contribution is -2.33.